The van der Waals surface area contributed by atoms with Crippen LogP contribution in [0.3, 0.4) is 0 Å². The van der Waals surface area contributed by atoms with E-state index in [1.807, 2.05) is 36.4 Å². The van der Waals surface area contributed by atoms with Crippen molar-refractivity contribution in [2.24, 2.45) is 0 Å². The van der Waals surface area contributed by atoms with Crippen molar-refractivity contribution in [3.63, 3.8) is 0 Å². The lowest BCUT2D eigenvalue weighted by atomic mass is 10.0. The van der Waals surface area contributed by atoms with E-state index in [-0.39, 0.29) is 97.4 Å². The average molecular weight is 1010 g/mol. The molecule has 4 saturated heterocycles. The van der Waals surface area contributed by atoms with Gasteiger partial charge in [0, 0.05) is 62.2 Å². The first-order valence-corrected chi connectivity index (χ1v) is 26.6. The summed E-state index contributed by atoms with van der Waals surface area (Å²) < 4.78 is 0. The second kappa shape index (κ2) is 22.8. The van der Waals surface area contributed by atoms with Gasteiger partial charge in [-0.2, -0.15) is 0 Å². The lowest BCUT2D eigenvalue weighted by Crippen LogP contribution is -2.62. The van der Waals surface area contributed by atoms with Crippen LogP contribution in [0.15, 0.2) is 84.9 Å². The van der Waals surface area contributed by atoms with Gasteiger partial charge in [-0.15, -0.1) is 0 Å². The quantitative estimate of drug-likeness (QED) is 0.121. The van der Waals surface area contributed by atoms with Crippen molar-refractivity contribution in [1.82, 2.24) is 51.5 Å². The maximum absolute atomic E-state index is 14.5. The van der Waals surface area contributed by atoms with Crippen LogP contribution >= 0.6 is 0 Å². The minimum Gasteiger partial charge on any atom is -0.351 e. The van der Waals surface area contributed by atoms with Crippen molar-refractivity contribution >= 4 is 47.3 Å². The molecule has 4 heterocycles. The Labute approximate surface area is 433 Å². The molecule has 18 nitrogen and oxygen atoms in total. The number of benzene rings is 3. The molecule has 4 aliphatic heterocycles. The lowest BCUT2D eigenvalue weighted by Gasteiger charge is -2.39. The van der Waals surface area contributed by atoms with E-state index in [0.29, 0.717) is 62.7 Å². The molecule has 3 aromatic rings. The van der Waals surface area contributed by atoms with E-state index in [2.05, 4.69) is 56.2 Å². The molecule has 6 N–H and O–H groups in total. The van der Waals surface area contributed by atoms with E-state index in [1.165, 1.54) is 11.1 Å². The molecule has 0 unspecified atom stereocenters. The van der Waals surface area contributed by atoms with E-state index in [4.69, 9.17) is 0 Å². The van der Waals surface area contributed by atoms with Crippen molar-refractivity contribution in [3.05, 3.63) is 107 Å². The van der Waals surface area contributed by atoms with Crippen LogP contribution in [0.4, 0.5) is 0 Å². The molecule has 0 aromatic heterocycles. The molecular weight excluding hydrogens is 941 g/mol. The SMILES string of the molecule is CN[C@@H](C)C(=O)N[C@H]1CN(C(=O)Cc2ccc(CC(=O)N3CC[C@H]4CC[C@@H](C(=O)N[C@H]5C[C@@H]5c5ccccc5)N4C(=O)[C@@H](NC(=O)[C@H](C)NC)C3)cc2)CC[C@H]2CC[C@@H](C(=O)N[C@H]3C[C@@H]3c3ccccc3)N2C1=O. The topological polar surface area (TPSA) is 222 Å². The smallest absolute Gasteiger partial charge is 0.247 e. The molecule has 2 saturated carbocycles. The van der Waals surface area contributed by atoms with Crippen molar-refractivity contribution in [3.8, 4) is 0 Å². The van der Waals surface area contributed by atoms with Gasteiger partial charge in [-0.25, -0.2) is 0 Å². The highest BCUT2D eigenvalue weighted by Crippen LogP contribution is 2.42. The fourth-order valence-electron chi connectivity index (χ4n) is 11.5. The molecule has 8 amide bonds. The van der Waals surface area contributed by atoms with Crippen molar-refractivity contribution < 1.29 is 38.4 Å². The molecule has 74 heavy (non-hydrogen) atoms. The maximum atomic E-state index is 14.5. The first-order valence-electron chi connectivity index (χ1n) is 26.6. The van der Waals surface area contributed by atoms with E-state index in [0.717, 1.165) is 12.8 Å². The van der Waals surface area contributed by atoms with Gasteiger partial charge in [-0.1, -0.05) is 84.9 Å². The first-order chi connectivity index (χ1) is 35.7. The third-order valence-corrected chi connectivity index (χ3v) is 16.4. The lowest BCUT2D eigenvalue weighted by molar-refractivity contribution is -0.147. The molecule has 0 spiro atoms. The van der Waals surface area contributed by atoms with E-state index < -0.39 is 48.1 Å². The van der Waals surface area contributed by atoms with Crippen LogP contribution in [0.2, 0.25) is 0 Å². The number of nitrogens with one attached hydrogen (secondary N) is 6. The summed E-state index contributed by atoms with van der Waals surface area (Å²) in [5.74, 6) is -1.91. The number of hydrogen-bond acceptors (Lipinski definition) is 10. The third kappa shape index (κ3) is 11.8. The van der Waals surface area contributed by atoms with Gasteiger partial charge in [0.25, 0.3) is 0 Å². The number of likely N-dealkylation sites (N-methyl/N-ethyl adjacent to an activating group) is 2. The van der Waals surface area contributed by atoms with E-state index >= 15 is 0 Å². The highest BCUT2D eigenvalue weighted by atomic mass is 16.2. The second-order valence-corrected chi connectivity index (χ2v) is 21.3. The molecular formula is C56H72N10O8. The van der Waals surface area contributed by atoms with Crippen LogP contribution in [0, 0.1) is 0 Å². The van der Waals surface area contributed by atoms with Crippen molar-refractivity contribution in [1.29, 1.82) is 0 Å². The minimum absolute atomic E-state index is 0.00337. The van der Waals surface area contributed by atoms with Crippen LogP contribution in [-0.4, -0.2) is 168 Å². The summed E-state index contributed by atoms with van der Waals surface area (Å²) in [6.45, 7) is 3.92. The third-order valence-electron chi connectivity index (χ3n) is 16.4. The van der Waals surface area contributed by atoms with Crippen LogP contribution in [0.5, 0.6) is 0 Å². The zero-order chi connectivity index (χ0) is 52.2. The summed E-state index contributed by atoms with van der Waals surface area (Å²) in [5.41, 5.74) is 3.74. The Hall–Kier alpha value is -6.66. The molecule has 2 aliphatic carbocycles. The van der Waals surface area contributed by atoms with Crippen LogP contribution in [0.25, 0.3) is 0 Å². The summed E-state index contributed by atoms with van der Waals surface area (Å²) in [6, 6.07) is 22.1. The second-order valence-electron chi connectivity index (χ2n) is 21.3. The van der Waals surface area contributed by atoms with Gasteiger partial charge in [-0.05, 0) is 102 Å². The van der Waals surface area contributed by atoms with E-state index in [1.54, 1.807) is 71.8 Å². The standard InChI is InChI=1S/C56H72N10O8/c1-33(57-3)51(69)61-45-31-63(25-23-39-19-21-47(65(39)55(45)73)53(71)59-43-29-41(43)37-11-7-5-8-12-37)49(67)27-35-15-17-36(18-16-35)28-50(68)64-26-24-40-20-22-48(54(72)60-44-30-42(44)38-13-9-6-10-14-38)66(40)56(74)46(32-64)62-52(70)34(2)58-4/h5-18,33-34,39-48,57-58H,19-32H2,1-4H3,(H,59,71)(H,60,72)(H,61,69)(H,62,70)/t33-,34-,39+,40+,41+,42+,43-,44-,45-,46-,47-,48-/m0/s1. The Bertz CT molecular complexity index is 2390. The summed E-state index contributed by atoms with van der Waals surface area (Å²) in [5, 5.41) is 18.0. The number of rotatable bonds is 16. The summed E-state index contributed by atoms with van der Waals surface area (Å²) in [6.07, 6.45) is 4.84. The molecule has 0 radical (unpaired) electrons. The number of carbonyl (C=O) groups is 8. The fourth-order valence-corrected chi connectivity index (χ4v) is 11.5. The van der Waals surface area contributed by atoms with Gasteiger partial charge in [0.15, 0.2) is 0 Å². The monoisotopic (exact) mass is 1010 g/mol. The fraction of sp³-hybridized carbons (Fsp3) is 0.536. The Kier molecular flexibility index (Phi) is 16.1. The van der Waals surface area contributed by atoms with E-state index in [9.17, 15) is 38.4 Å². The Balaban J connectivity index is 0.822. The van der Waals surface area contributed by atoms with Gasteiger partial charge in [0.2, 0.25) is 47.3 Å². The highest BCUT2D eigenvalue weighted by molar-refractivity contribution is 5.96. The summed E-state index contributed by atoms with van der Waals surface area (Å²) in [7, 11) is 3.30. The van der Waals surface area contributed by atoms with Crippen LogP contribution in [-0.2, 0) is 51.2 Å². The predicted molar refractivity (Wildman–Crippen MR) is 276 cm³/mol. The van der Waals surface area contributed by atoms with Gasteiger partial charge in [0.1, 0.15) is 24.2 Å². The number of fused-ring (bicyclic) bond motifs is 2. The molecule has 394 valence electrons. The molecule has 9 rings (SSSR count). The summed E-state index contributed by atoms with van der Waals surface area (Å²) >= 11 is 0. The number of nitrogens with zero attached hydrogens (tertiary/aromatic N) is 4. The van der Waals surface area contributed by atoms with Gasteiger partial charge in [0.05, 0.1) is 24.9 Å². The Morgan fingerprint density at radius 3 is 1.26 bits per heavy atom. The molecule has 3 aromatic carbocycles. The zero-order valence-electron chi connectivity index (χ0n) is 43.0. The van der Waals surface area contributed by atoms with Gasteiger partial charge >= 0.3 is 0 Å². The minimum atomic E-state index is -1.07. The Morgan fingerprint density at radius 1 is 0.514 bits per heavy atom. The normalized spacial score (nSPS) is 28.3. The predicted octanol–water partition coefficient (Wildman–Crippen LogP) is 1.49. The molecule has 0 bridgehead atoms. The maximum Gasteiger partial charge on any atom is 0.247 e. The average Bonchev–Trinajstić information content (AvgIpc) is 4.27. The molecule has 12 atom stereocenters. The van der Waals surface area contributed by atoms with Gasteiger partial charge in [-0.3, -0.25) is 38.4 Å². The molecule has 6 aliphatic rings. The number of amides is 8. The van der Waals surface area contributed by atoms with Crippen LogP contribution in [0.1, 0.15) is 99.3 Å². The van der Waals surface area contributed by atoms with Crippen molar-refractivity contribution in [2.45, 2.75) is 150 Å². The zero-order valence-corrected chi connectivity index (χ0v) is 43.0. The number of hydrogen-bond donors (Lipinski definition) is 6. The van der Waals surface area contributed by atoms with Crippen LogP contribution < -0.4 is 31.9 Å². The van der Waals surface area contributed by atoms with Gasteiger partial charge < -0.3 is 51.5 Å². The largest absolute Gasteiger partial charge is 0.351 e. The number of carbonyl (C=O) groups excluding carboxylic acids is 8. The first kappa shape index (κ1) is 52.2. The highest BCUT2D eigenvalue weighted by Gasteiger charge is 2.50. The summed E-state index contributed by atoms with van der Waals surface area (Å²) in [4.78, 5) is 118. The Morgan fingerprint density at radius 2 is 0.892 bits per heavy atom. The molecule has 18 heteroatoms. The van der Waals surface area contributed by atoms with Crippen molar-refractivity contribution in [2.75, 3.05) is 40.3 Å². The molecule has 6 fully saturated rings.